The largest absolute Gasteiger partial charge is 0.469 e. The number of hydrogen-bond acceptors (Lipinski definition) is 20. The van der Waals surface area contributed by atoms with Gasteiger partial charge in [0.1, 0.15) is 53.8 Å². The highest BCUT2D eigenvalue weighted by atomic mass is 79.9. The van der Waals surface area contributed by atoms with E-state index in [1.807, 2.05) is 6.92 Å². The minimum Gasteiger partial charge on any atom is -0.469 e. The minimum absolute atomic E-state index is 0.00181. The van der Waals surface area contributed by atoms with Crippen molar-refractivity contribution in [2.24, 2.45) is 5.41 Å². The number of fused-ring (bicyclic) bond motifs is 2. The number of methoxy groups -OCH3 is 2. The van der Waals surface area contributed by atoms with Gasteiger partial charge in [0.05, 0.1) is 71.3 Å². The van der Waals surface area contributed by atoms with Crippen molar-refractivity contribution >= 4 is 85.8 Å². The molecular formula is C65H93BrN12O15. The van der Waals surface area contributed by atoms with Crippen molar-refractivity contribution in [3.8, 4) is 11.3 Å². The maximum absolute atomic E-state index is 14.5. The molecule has 4 atom stereocenters. The summed E-state index contributed by atoms with van der Waals surface area (Å²) in [5.41, 5.74) is 1.92. The van der Waals surface area contributed by atoms with Crippen LogP contribution in [-0.4, -0.2) is 193 Å². The zero-order chi connectivity index (χ0) is 67.0. The van der Waals surface area contributed by atoms with E-state index < -0.39 is 35.3 Å². The van der Waals surface area contributed by atoms with Gasteiger partial charge in [0.25, 0.3) is 0 Å². The fraction of sp³-hybridized carbons (Fsp3) is 0.631. The van der Waals surface area contributed by atoms with E-state index >= 15 is 0 Å². The maximum atomic E-state index is 14.5. The summed E-state index contributed by atoms with van der Waals surface area (Å²) in [6, 6.07) is 3.06. The second-order valence-electron chi connectivity index (χ2n) is 23.6. The molecule has 1 aliphatic carbocycles. The Bertz CT molecular complexity index is 3110. The van der Waals surface area contributed by atoms with Gasteiger partial charge in [0.15, 0.2) is 5.78 Å². The molecule has 1 aliphatic heterocycles. The first-order valence-electron chi connectivity index (χ1n) is 32.4. The number of carbonyl (C=O) groups excluding carboxylic acids is 9. The number of piperidine rings is 1. The molecule has 0 aromatic carbocycles. The number of nitrogens with one attached hydrogen (secondary N) is 5. The number of anilines is 1. The molecular weight excluding hydrogens is 1270 g/mol. The molecule has 28 heteroatoms. The molecule has 5 N–H and O–H groups in total. The molecule has 1 saturated heterocycles. The zero-order valence-corrected chi connectivity index (χ0v) is 56.0. The Morgan fingerprint density at radius 3 is 1.84 bits per heavy atom. The standard InChI is InChI=1S/C65H93BrN12O15/c1-44-22-24-54(66)74-62(44)75-63(86)51-35-65(36-53(65)78(51)59(84)40-77-52-39-71-50(47-37-69-46(3)70-38-47)34-48(52)61(76-77)45(2)79)43-72-58(83)42-93-33-31-91-29-27-68-57(82)41-92-32-30-90-28-26-67-55(80)25-23-49(64(87)89-5)73-56(81)20-18-16-14-12-10-8-6-7-9-11-13-15-17-19-21-60(85)88-4/h22,24,34,37-39,49,51,53H,6-21,23,25-33,35-36,40-43H2,1-5H3,(H,67,80)(H,68,82)(H,72,83)(H,73,81)(H,74,75,86)/t49-,51-,53+,65-/m0/s1. The van der Waals surface area contributed by atoms with Crippen LogP contribution in [-0.2, 0) is 73.3 Å². The van der Waals surface area contributed by atoms with Crippen molar-refractivity contribution in [2.75, 3.05) is 92.0 Å². The second-order valence-corrected chi connectivity index (χ2v) is 24.4. The molecule has 0 bridgehead atoms. The number of aryl methyl sites for hydroxylation is 2. The van der Waals surface area contributed by atoms with Crippen LogP contribution in [0.1, 0.15) is 157 Å². The van der Waals surface area contributed by atoms with E-state index in [0.717, 1.165) is 44.1 Å². The van der Waals surface area contributed by atoms with Crippen LogP contribution in [0.3, 0.4) is 0 Å². The highest BCUT2D eigenvalue weighted by molar-refractivity contribution is 9.10. The van der Waals surface area contributed by atoms with Gasteiger partial charge in [-0.3, -0.25) is 48.0 Å². The van der Waals surface area contributed by atoms with E-state index in [2.05, 4.69) is 72.3 Å². The van der Waals surface area contributed by atoms with Crippen molar-refractivity contribution in [2.45, 2.75) is 174 Å². The van der Waals surface area contributed by atoms with Crippen LogP contribution in [0.2, 0.25) is 0 Å². The van der Waals surface area contributed by atoms with Gasteiger partial charge in [-0.05, 0) is 79.6 Å². The van der Waals surface area contributed by atoms with Gasteiger partial charge in [0.2, 0.25) is 35.4 Å². The predicted octanol–water partition coefficient (Wildman–Crippen LogP) is 6.13. The average molecular weight is 1360 g/mol. The van der Waals surface area contributed by atoms with E-state index in [9.17, 15) is 43.2 Å². The lowest BCUT2D eigenvalue weighted by atomic mass is 9.99. The molecule has 1 saturated carbocycles. The van der Waals surface area contributed by atoms with E-state index in [1.54, 1.807) is 48.6 Å². The average Bonchev–Trinajstić information content (AvgIpc) is 1.54. The van der Waals surface area contributed by atoms with Crippen LogP contribution in [0.4, 0.5) is 5.82 Å². The number of amides is 6. The zero-order valence-electron chi connectivity index (χ0n) is 54.5. The molecule has 0 radical (unpaired) electrons. The number of likely N-dealkylation sites (tertiary alicyclic amines) is 1. The van der Waals surface area contributed by atoms with Crippen molar-refractivity contribution < 1.29 is 71.6 Å². The molecule has 93 heavy (non-hydrogen) atoms. The van der Waals surface area contributed by atoms with Crippen LogP contribution < -0.4 is 26.6 Å². The Morgan fingerprint density at radius 2 is 1.24 bits per heavy atom. The number of unbranched alkanes of at least 4 members (excludes halogenated alkanes) is 13. The van der Waals surface area contributed by atoms with Crippen LogP contribution in [0.25, 0.3) is 22.2 Å². The summed E-state index contributed by atoms with van der Waals surface area (Å²) in [6.07, 6.45) is 22.1. The predicted molar refractivity (Wildman–Crippen MR) is 346 cm³/mol. The summed E-state index contributed by atoms with van der Waals surface area (Å²) in [4.78, 5) is 134. The molecule has 0 unspecified atom stereocenters. The fourth-order valence-corrected chi connectivity index (χ4v) is 11.4. The van der Waals surface area contributed by atoms with Gasteiger partial charge >= 0.3 is 11.9 Å². The lowest BCUT2D eigenvalue weighted by Crippen LogP contribution is -2.47. The lowest BCUT2D eigenvalue weighted by Gasteiger charge is -2.27. The number of esters is 2. The minimum atomic E-state index is -0.929. The number of ether oxygens (including phenoxy) is 6. The Hall–Kier alpha value is -7.40. The number of aromatic nitrogens is 6. The third-order valence-corrected chi connectivity index (χ3v) is 16.8. The number of rotatable bonds is 46. The number of halogens is 1. The molecule has 0 spiro atoms. The third-order valence-electron chi connectivity index (χ3n) is 16.4. The topological polar surface area (TPSA) is 342 Å². The second kappa shape index (κ2) is 40.0. The Labute approximate surface area is 551 Å². The van der Waals surface area contributed by atoms with Crippen LogP contribution in [0.5, 0.6) is 0 Å². The summed E-state index contributed by atoms with van der Waals surface area (Å²) in [5.74, 6) is -2.26. The van der Waals surface area contributed by atoms with E-state index in [1.165, 1.54) is 77.2 Å². The molecule has 4 aromatic heterocycles. The van der Waals surface area contributed by atoms with E-state index in [-0.39, 0.29) is 145 Å². The molecule has 2 aliphatic rings. The van der Waals surface area contributed by atoms with Crippen LogP contribution in [0, 0.1) is 19.3 Å². The van der Waals surface area contributed by atoms with Gasteiger partial charge in [-0.15, -0.1) is 0 Å². The number of pyridine rings is 2. The molecule has 4 aromatic rings. The molecule has 27 nitrogen and oxygen atoms in total. The van der Waals surface area contributed by atoms with Crippen molar-refractivity contribution in [3.05, 3.63) is 58.5 Å². The van der Waals surface area contributed by atoms with E-state index in [4.69, 9.17) is 23.7 Å². The molecule has 6 rings (SSSR count). The van der Waals surface area contributed by atoms with Crippen LogP contribution in [0.15, 0.2) is 41.4 Å². The summed E-state index contributed by atoms with van der Waals surface area (Å²) >= 11 is 3.36. The van der Waals surface area contributed by atoms with Gasteiger partial charge in [-0.25, -0.2) is 19.7 Å². The highest BCUT2D eigenvalue weighted by Gasteiger charge is 2.67. The van der Waals surface area contributed by atoms with E-state index in [0.29, 0.717) is 57.7 Å². The summed E-state index contributed by atoms with van der Waals surface area (Å²) in [5, 5.41) is 19.0. The Balaban J connectivity index is 0.773. The van der Waals surface area contributed by atoms with Crippen LogP contribution >= 0.6 is 15.9 Å². The van der Waals surface area contributed by atoms with Gasteiger partial charge < -0.3 is 59.9 Å². The lowest BCUT2D eigenvalue weighted by molar-refractivity contribution is -0.145. The Kier molecular flexibility index (Phi) is 32.1. The number of Topliss-reactive ketones (excluding diaryl/α,β-unsaturated/α-hetero) is 1. The smallest absolute Gasteiger partial charge is 0.328 e. The first-order chi connectivity index (χ1) is 44.9. The summed E-state index contributed by atoms with van der Waals surface area (Å²) in [7, 11) is 2.67. The molecule has 2 fully saturated rings. The van der Waals surface area contributed by atoms with Gasteiger partial charge in [-0.2, -0.15) is 5.10 Å². The molecule has 510 valence electrons. The first-order valence-corrected chi connectivity index (χ1v) is 33.2. The maximum Gasteiger partial charge on any atom is 0.328 e. The molecule has 6 amide bonds. The van der Waals surface area contributed by atoms with Gasteiger partial charge in [-0.1, -0.05) is 83.1 Å². The first kappa shape index (κ1) is 74.6. The van der Waals surface area contributed by atoms with Crippen molar-refractivity contribution in [3.63, 3.8) is 0 Å². The third kappa shape index (κ3) is 25.4. The highest BCUT2D eigenvalue weighted by Crippen LogP contribution is 2.59. The fourth-order valence-electron chi connectivity index (χ4n) is 11.1. The SMILES string of the molecule is COC(=O)CCCCCCCCCCCCCCCCC(=O)N[C@@H](CCC(=O)NCCOCCOCC(=O)NCCOCCOCC(=O)NC[C@@]12C[C@@H](C(=O)Nc3nc(Br)ccc3C)N(C(=O)Cn3nc(C(C)=O)c4cc(-c5cnc(C)nc5)ncc43)[C@@H]1C2)C(=O)OC. The normalized spacial score (nSPS) is 15.9. The van der Waals surface area contributed by atoms with Crippen molar-refractivity contribution in [1.82, 2.24) is 55.9 Å². The van der Waals surface area contributed by atoms with Gasteiger partial charge in [0, 0.05) is 80.6 Å². The number of nitrogens with zero attached hydrogens (tertiary/aromatic N) is 7. The number of carbonyl (C=O) groups is 9. The number of hydrogen-bond donors (Lipinski definition) is 5. The summed E-state index contributed by atoms with van der Waals surface area (Å²) < 4.78 is 33.5. The van der Waals surface area contributed by atoms with Crippen molar-refractivity contribution in [1.29, 1.82) is 0 Å². The molecule has 5 heterocycles. The number of ketones is 1. The summed E-state index contributed by atoms with van der Waals surface area (Å²) in [6.45, 7) is 5.78. The Morgan fingerprint density at radius 1 is 0.656 bits per heavy atom. The monoisotopic (exact) mass is 1360 g/mol. The quantitative estimate of drug-likeness (QED) is 0.0144.